The van der Waals surface area contributed by atoms with Crippen molar-refractivity contribution in [1.82, 2.24) is 0 Å². The maximum absolute atomic E-state index is 10.4. The largest absolute Gasteiger partial charge is 0.396 e. The van der Waals surface area contributed by atoms with Crippen LogP contribution in [0.15, 0.2) is 24.3 Å². The SMILES string of the molecule is CC(C)(CO)C(O)c1ccc([N+](=O)[O-])cc1. The second kappa shape index (κ2) is 4.59. The smallest absolute Gasteiger partial charge is 0.269 e. The number of aliphatic hydroxyl groups is 2. The molecule has 5 nitrogen and oxygen atoms in total. The lowest BCUT2D eigenvalue weighted by Crippen LogP contribution is -2.25. The predicted octanol–water partition coefficient (Wildman–Crippen LogP) is 1.65. The molecule has 1 aromatic rings. The lowest BCUT2D eigenvalue weighted by molar-refractivity contribution is -0.384. The van der Waals surface area contributed by atoms with Crippen LogP contribution in [0.3, 0.4) is 0 Å². The summed E-state index contributed by atoms with van der Waals surface area (Å²) in [7, 11) is 0. The van der Waals surface area contributed by atoms with Crippen molar-refractivity contribution in [2.24, 2.45) is 5.41 Å². The van der Waals surface area contributed by atoms with E-state index >= 15 is 0 Å². The maximum Gasteiger partial charge on any atom is 0.269 e. The highest BCUT2D eigenvalue weighted by Gasteiger charge is 2.28. The van der Waals surface area contributed by atoms with Crippen molar-refractivity contribution in [3.63, 3.8) is 0 Å². The van der Waals surface area contributed by atoms with Gasteiger partial charge in [-0.1, -0.05) is 13.8 Å². The Bertz CT molecular complexity index is 372. The topological polar surface area (TPSA) is 83.6 Å². The average molecular weight is 225 g/mol. The number of non-ortho nitro benzene ring substituents is 1. The van der Waals surface area contributed by atoms with Gasteiger partial charge in [0.15, 0.2) is 0 Å². The molecule has 0 spiro atoms. The van der Waals surface area contributed by atoms with Gasteiger partial charge in [0, 0.05) is 17.5 Å². The van der Waals surface area contributed by atoms with Gasteiger partial charge in [0.1, 0.15) is 0 Å². The molecule has 0 aliphatic carbocycles. The average Bonchev–Trinajstić information content (AvgIpc) is 2.28. The Morgan fingerprint density at radius 3 is 2.25 bits per heavy atom. The third-order valence-electron chi connectivity index (χ3n) is 2.57. The van der Waals surface area contributed by atoms with Crippen LogP contribution in [-0.2, 0) is 0 Å². The molecule has 0 saturated carbocycles. The van der Waals surface area contributed by atoms with Crippen molar-refractivity contribution in [1.29, 1.82) is 0 Å². The van der Waals surface area contributed by atoms with Gasteiger partial charge >= 0.3 is 0 Å². The molecule has 0 bridgehead atoms. The fourth-order valence-corrected chi connectivity index (χ4v) is 1.32. The summed E-state index contributed by atoms with van der Waals surface area (Å²) in [5, 5.41) is 29.5. The van der Waals surface area contributed by atoms with Gasteiger partial charge in [-0.15, -0.1) is 0 Å². The molecule has 2 N–H and O–H groups in total. The number of hydrogen-bond donors (Lipinski definition) is 2. The van der Waals surface area contributed by atoms with Gasteiger partial charge in [-0.05, 0) is 17.7 Å². The maximum atomic E-state index is 10.4. The molecule has 0 radical (unpaired) electrons. The molecule has 0 aliphatic rings. The monoisotopic (exact) mass is 225 g/mol. The normalized spacial score (nSPS) is 13.5. The number of nitro groups is 1. The number of nitro benzene ring substituents is 1. The molecule has 88 valence electrons. The van der Waals surface area contributed by atoms with Gasteiger partial charge in [-0.3, -0.25) is 10.1 Å². The van der Waals surface area contributed by atoms with Crippen molar-refractivity contribution in [3.8, 4) is 0 Å². The molecule has 5 heteroatoms. The van der Waals surface area contributed by atoms with E-state index < -0.39 is 16.4 Å². The first kappa shape index (κ1) is 12.6. The van der Waals surface area contributed by atoms with E-state index in [4.69, 9.17) is 5.11 Å². The quantitative estimate of drug-likeness (QED) is 0.602. The lowest BCUT2D eigenvalue weighted by atomic mass is 9.83. The first-order valence-corrected chi connectivity index (χ1v) is 4.92. The molecule has 0 saturated heterocycles. The van der Waals surface area contributed by atoms with Crippen molar-refractivity contribution in [3.05, 3.63) is 39.9 Å². The van der Waals surface area contributed by atoms with Crippen molar-refractivity contribution in [2.75, 3.05) is 6.61 Å². The summed E-state index contributed by atoms with van der Waals surface area (Å²) in [5.41, 5.74) is -0.127. The minimum Gasteiger partial charge on any atom is -0.396 e. The standard InChI is InChI=1S/C11H15NO4/c1-11(2,7-13)10(14)8-3-5-9(6-4-8)12(15)16/h3-6,10,13-14H,7H2,1-2H3. The molecule has 1 atom stereocenters. The lowest BCUT2D eigenvalue weighted by Gasteiger charge is -2.28. The Balaban J connectivity index is 2.94. The Hall–Kier alpha value is -1.46. The van der Waals surface area contributed by atoms with Gasteiger partial charge in [0.2, 0.25) is 0 Å². The summed E-state index contributed by atoms with van der Waals surface area (Å²) in [6.07, 6.45) is -0.849. The molecule has 1 rings (SSSR count). The van der Waals surface area contributed by atoms with E-state index in [1.54, 1.807) is 13.8 Å². The summed E-state index contributed by atoms with van der Waals surface area (Å²) in [4.78, 5) is 9.95. The third kappa shape index (κ3) is 2.56. The fourth-order valence-electron chi connectivity index (χ4n) is 1.32. The van der Waals surface area contributed by atoms with E-state index in [2.05, 4.69) is 0 Å². The van der Waals surface area contributed by atoms with Crippen LogP contribution in [-0.4, -0.2) is 21.7 Å². The summed E-state index contributed by atoms with van der Waals surface area (Å²) in [6.45, 7) is 3.28. The van der Waals surface area contributed by atoms with Crippen molar-refractivity contribution < 1.29 is 15.1 Å². The zero-order valence-corrected chi connectivity index (χ0v) is 9.25. The first-order valence-electron chi connectivity index (χ1n) is 4.92. The van der Waals surface area contributed by atoms with E-state index in [-0.39, 0.29) is 12.3 Å². The van der Waals surface area contributed by atoms with Crippen LogP contribution in [0.1, 0.15) is 25.5 Å². The molecule has 0 fully saturated rings. The van der Waals surface area contributed by atoms with E-state index in [1.165, 1.54) is 24.3 Å². The highest BCUT2D eigenvalue weighted by atomic mass is 16.6. The Labute approximate surface area is 93.5 Å². The van der Waals surface area contributed by atoms with Crippen LogP contribution in [0.25, 0.3) is 0 Å². The van der Waals surface area contributed by atoms with Crippen LogP contribution in [0, 0.1) is 15.5 Å². The predicted molar refractivity (Wildman–Crippen MR) is 58.9 cm³/mol. The Morgan fingerprint density at radius 2 is 1.88 bits per heavy atom. The molecule has 0 aliphatic heterocycles. The summed E-state index contributed by atoms with van der Waals surface area (Å²) in [6, 6.07) is 5.68. The van der Waals surface area contributed by atoms with Crippen molar-refractivity contribution in [2.45, 2.75) is 20.0 Å². The third-order valence-corrected chi connectivity index (χ3v) is 2.57. The molecule has 0 aromatic heterocycles. The van der Waals surface area contributed by atoms with Crippen LogP contribution < -0.4 is 0 Å². The van der Waals surface area contributed by atoms with E-state index in [0.717, 1.165) is 0 Å². The summed E-state index contributed by atoms with van der Waals surface area (Å²) < 4.78 is 0. The van der Waals surface area contributed by atoms with Crippen molar-refractivity contribution >= 4 is 5.69 Å². The summed E-state index contributed by atoms with van der Waals surface area (Å²) in [5.74, 6) is 0. The minimum atomic E-state index is -0.849. The number of aliphatic hydroxyl groups excluding tert-OH is 2. The summed E-state index contributed by atoms with van der Waals surface area (Å²) >= 11 is 0. The minimum absolute atomic E-state index is 0.0160. The number of benzene rings is 1. The van der Waals surface area contributed by atoms with Crippen LogP contribution in [0.2, 0.25) is 0 Å². The van der Waals surface area contributed by atoms with E-state index in [0.29, 0.717) is 5.56 Å². The van der Waals surface area contributed by atoms with Gasteiger partial charge in [-0.2, -0.15) is 0 Å². The van der Waals surface area contributed by atoms with Gasteiger partial charge < -0.3 is 10.2 Å². The molecular formula is C11H15NO4. The van der Waals surface area contributed by atoms with E-state index in [9.17, 15) is 15.2 Å². The highest BCUT2D eigenvalue weighted by Crippen LogP contribution is 2.33. The van der Waals surface area contributed by atoms with Gasteiger partial charge in [0.25, 0.3) is 5.69 Å². The second-order valence-electron chi connectivity index (χ2n) is 4.40. The molecule has 0 amide bonds. The number of rotatable bonds is 4. The highest BCUT2D eigenvalue weighted by molar-refractivity contribution is 5.34. The molecule has 1 aromatic carbocycles. The number of hydrogen-bond acceptors (Lipinski definition) is 4. The molecular weight excluding hydrogens is 210 g/mol. The van der Waals surface area contributed by atoms with Crippen LogP contribution in [0.4, 0.5) is 5.69 Å². The molecule has 0 heterocycles. The van der Waals surface area contributed by atoms with Crippen LogP contribution in [0.5, 0.6) is 0 Å². The second-order valence-corrected chi connectivity index (χ2v) is 4.40. The molecule has 1 unspecified atom stereocenters. The van der Waals surface area contributed by atoms with Gasteiger partial charge in [-0.25, -0.2) is 0 Å². The van der Waals surface area contributed by atoms with Crippen LogP contribution >= 0.6 is 0 Å². The van der Waals surface area contributed by atoms with Gasteiger partial charge in [0.05, 0.1) is 17.6 Å². The Morgan fingerprint density at radius 1 is 1.38 bits per heavy atom. The fraction of sp³-hybridized carbons (Fsp3) is 0.455. The zero-order valence-electron chi connectivity index (χ0n) is 9.25. The number of nitrogens with zero attached hydrogens (tertiary/aromatic N) is 1. The first-order chi connectivity index (χ1) is 7.38. The Kier molecular flexibility index (Phi) is 3.62. The zero-order chi connectivity index (χ0) is 12.3. The molecule has 16 heavy (non-hydrogen) atoms. The van der Waals surface area contributed by atoms with E-state index in [1.807, 2.05) is 0 Å².